The van der Waals surface area contributed by atoms with Crippen molar-refractivity contribution in [2.24, 2.45) is 0 Å². The van der Waals surface area contributed by atoms with Crippen LogP contribution >= 0.6 is 11.6 Å². The Morgan fingerprint density at radius 1 is 1.36 bits per heavy atom. The van der Waals surface area contributed by atoms with Gasteiger partial charge in [-0.05, 0) is 37.1 Å². The Bertz CT molecular complexity index is 696. The Hall–Kier alpha value is -2.12. The van der Waals surface area contributed by atoms with Crippen LogP contribution in [0.2, 0.25) is 5.02 Å². The number of hydrogen-bond acceptors (Lipinski definition) is 5. The summed E-state index contributed by atoms with van der Waals surface area (Å²) in [6.07, 6.45) is 1.61. The number of benzene rings is 1. The largest absolute Gasteiger partial charge is 0.383 e. The molecule has 0 aliphatic carbocycles. The van der Waals surface area contributed by atoms with Crippen molar-refractivity contribution in [1.29, 1.82) is 0 Å². The summed E-state index contributed by atoms with van der Waals surface area (Å²) in [4.78, 5) is 18.3. The predicted octanol–water partition coefficient (Wildman–Crippen LogP) is 2.93. The molecule has 134 valence electrons. The van der Waals surface area contributed by atoms with Crippen LogP contribution in [0.5, 0.6) is 0 Å². The van der Waals surface area contributed by atoms with Gasteiger partial charge in [0.05, 0.1) is 6.61 Å². The van der Waals surface area contributed by atoms with Crippen molar-refractivity contribution in [1.82, 2.24) is 20.4 Å². The van der Waals surface area contributed by atoms with Crippen LogP contribution in [0.25, 0.3) is 11.4 Å². The van der Waals surface area contributed by atoms with Crippen LogP contribution < -0.4 is 5.32 Å². The van der Waals surface area contributed by atoms with E-state index in [9.17, 15) is 4.79 Å². The van der Waals surface area contributed by atoms with E-state index in [0.717, 1.165) is 18.4 Å². The predicted molar refractivity (Wildman–Crippen MR) is 93.6 cm³/mol. The molecule has 0 spiro atoms. The molecule has 2 heterocycles. The third kappa shape index (κ3) is 4.49. The first kappa shape index (κ1) is 17.7. The topological polar surface area (TPSA) is 80.5 Å². The fraction of sp³-hybridized carbons (Fsp3) is 0.471. The monoisotopic (exact) mass is 364 g/mol. The molecular weight excluding hydrogens is 344 g/mol. The molecule has 1 aliphatic heterocycles. The molecule has 1 fully saturated rings. The number of nitrogens with one attached hydrogen (secondary N) is 1. The minimum Gasteiger partial charge on any atom is -0.383 e. The molecule has 1 aliphatic rings. The molecule has 2 aromatic rings. The van der Waals surface area contributed by atoms with E-state index in [-0.39, 0.29) is 11.9 Å². The minimum absolute atomic E-state index is 0.0529. The van der Waals surface area contributed by atoms with Crippen molar-refractivity contribution in [3.05, 3.63) is 35.2 Å². The van der Waals surface area contributed by atoms with Gasteiger partial charge >= 0.3 is 6.03 Å². The zero-order chi connectivity index (χ0) is 17.6. The van der Waals surface area contributed by atoms with Crippen LogP contribution in [-0.2, 0) is 4.74 Å². The second-order valence-electron chi connectivity index (χ2n) is 5.95. The Morgan fingerprint density at radius 3 is 2.76 bits per heavy atom. The van der Waals surface area contributed by atoms with Crippen molar-refractivity contribution in [3.63, 3.8) is 0 Å². The van der Waals surface area contributed by atoms with Crippen LogP contribution in [-0.4, -0.2) is 54.4 Å². The number of hydrogen-bond donors (Lipinski definition) is 1. The molecule has 1 saturated heterocycles. The zero-order valence-electron chi connectivity index (χ0n) is 14.1. The van der Waals surface area contributed by atoms with E-state index in [4.69, 9.17) is 20.9 Å². The summed E-state index contributed by atoms with van der Waals surface area (Å²) in [5.74, 6) is 1.37. The van der Waals surface area contributed by atoms with Gasteiger partial charge in [0, 0.05) is 43.2 Å². The molecule has 1 N–H and O–H groups in total. The number of rotatable bonds is 5. The maximum absolute atomic E-state index is 12.0. The number of amides is 2. The molecular formula is C17H21ClN4O3. The van der Waals surface area contributed by atoms with E-state index in [1.165, 1.54) is 0 Å². The second-order valence-corrected chi connectivity index (χ2v) is 6.39. The third-order valence-electron chi connectivity index (χ3n) is 4.26. The van der Waals surface area contributed by atoms with Gasteiger partial charge in [0.25, 0.3) is 0 Å². The highest BCUT2D eigenvalue weighted by Gasteiger charge is 2.27. The van der Waals surface area contributed by atoms with Gasteiger partial charge in [-0.25, -0.2) is 4.79 Å². The number of carbonyl (C=O) groups is 1. The van der Waals surface area contributed by atoms with Crippen molar-refractivity contribution in [2.75, 3.05) is 33.4 Å². The summed E-state index contributed by atoms with van der Waals surface area (Å²) in [6.45, 7) is 2.37. The number of aromatic nitrogens is 2. The quantitative estimate of drug-likeness (QED) is 0.825. The molecule has 0 bridgehead atoms. The van der Waals surface area contributed by atoms with E-state index in [0.29, 0.717) is 43.0 Å². The number of piperidine rings is 1. The van der Waals surface area contributed by atoms with E-state index in [1.54, 1.807) is 19.2 Å². The summed E-state index contributed by atoms with van der Waals surface area (Å²) in [6, 6.07) is 7.28. The first-order chi connectivity index (χ1) is 12.2. The number of carbonyl (C=O) groups excluding carboxylic acids is 1. The maximum atomic E-state index is 12.0. The normalized spacial score (nSPS) is 15.4. The van der Waals surface area contributed by atoms with Crippen LogP contribution in [0.4, 0.5) is 4.79 Å². The number of urea groups is 1. The van der Waals surface area contributed by atoms with Gasteiger partial charge in [-0.1, -0.05) is 16.8 Å². The highest BCUT2D eigenvalue weighted by atomic mass is 35.5. The summed E-state index contributed by atoms with van der Waals surface area (Å²) >= 11 is 5.90. The van der Waals surface area contributed by atoms with E-state index < -0.39 is 0 Å². The molecule has 1 aromatic heterocycles. The number of methoxy groups -OCH3 is 1. The molecule has 0 unspecified atom stereocenters. The molecule has 0 saturated carbocycles. The van der Waals surface area contributed by atoms with Crippen LogP contribution in [0, 0.1) is 0 Å². The van der Waals surface area contributed by atoms with Crippen LogP contribution in [0.1, 0.15) is 24.7 Å². The molecule has 3 rings (SSSR count). The molecule has 0 radical (unpaired) electrons. The van der Waals surface area contributed by atoms with Crippen molar-refractivity contribution in [2.45, 2.75) is 18.8 Å². The second kappa shape index (κ2) is 8.31. The number of ether oxygens (including phenoxy) is 1. The van der Waals surface area contributed by atoms with Gasteiger partial charge in [-0.3, -0.25) is 0 Å². The number of likely N-dealkylation sites (tertiary alicyclic amines) is 1. The van der Waals surface area contributed by atoms with Gasteiger partial charge in [0.15, 0.2) is 0 Å². The smallest absolute Gasteiger partial charge is 0.317 e. The SMILES string of the molecule is COCCNC(=O)N1CCC(c2nc(-c3ccc(Cl)cc3)no2)CC1. The summed E-state index contributed by atoms with van der Waals surface area (Å²) in [5.41, 5.74) is 0.870. The fourth-order valence-electron chi connectivity index (χ4n) is 2.82. The summed E-state index contributed by atoms with van der Waals surface area (Å²) < 4.78 is 10.4. The lowest BCUT2D eigenvalue weighted by molar-refractivity contribution is 0.165. The fourth-order valence-corrected chi connectivity index (χ4v) is 2.94. The highest BCUT2D eigenvalue weighted by molar-refractivity contribution is 6.30. The van der Waals surface area contributed by atoms with Crippen molar-refractivity contribution >= 4 is 17.6 Å². The Labute approximate surface area is 151 Å². The maximum Gasteiger partial charge on any atom is 0.317 e. The van der Waals surface area contributed by atoms with Crippen molar-refractivity contribution < 1.29 is 14.1 Å². The lowest BCUT2D eigenvalue weighted by Crippen LogP contribution is -2.44. The molecule has 0 atom stereocenters. The van der Waals surface area contributed by atoms with Gasteiger partial charge in [0.1, 0.15) is 0 Å². The van der Waals surface area contributed by atoms with E-state index in [1.807, 2.05) is 17.0 Å². The average molecular weight is 365 g/mol. The standard InChI is InChI=1S/C17H21ClN4O3/c1-24-11-8-19-17(23)22-9-6-13(7-10-22)16-20-15(21-25-16)12-2-4-14(18)5-3-12/h2-5,13H,6-11H2,1H3,(H,19,23). The van der Waals surface area contributed by atoms with E-state index >= 15 is 0 Å². The Morgan fingerprint density at radius 2 is 2.08 bits per heavy atom. The third-order valence-corrected chi connectivity index (χ3v) is 4.51. The molecule has 2 amide bonds. The first-order valence-corrected chi connectivity index (χ1v) is 8.66. The molecule has 1 aromatic carbocycles. The lowest BCUT2D eigenvalue weighted by Gasteiger charge is -2.30. The van der Waals surface area contributed by atoms with Crippen molar-refractivity contribution in [3.8, 4) is 11.4 Å². The van der Waals surface area contributed by atoms with Crippen LogP contribution in [0.3, 0.4) is 0 Å². The van der Waals surface area contributed by atoms with Gasteiger partial charge in [-0.2, -0.15) is 4.98 Å². The highest BCUT2D eigenvalue weighted by Crippen LogP contribution is 2.28. The molecule has 8 heteroatoms. The summed E-state index contributed by atoms with van der Waals surface area (Å²) in [7, 11) is 1.61. The van der Waals surface area contributed by atoms with Gasteiger partial charge in [0.2, 0.25) is 11.7 Å². The molecule has 25 heavy (non-hydrogen) atoms. The lowest BCUT2D eigenvalue weighted by atomic mass is 9.97. The summed E-state index contributed by atoms with van der Waals surface area (Å²) in [5, 5.41) is 7.57. The first-order valence-electron chi connectivity index (χ1n) is 8.28. The molecule has 7 nitrogen and oxygen atoms in total. The van der Waals surface area contributed by atoms with Gasteiger partial charge in [-0.15, -0.1) is 0 Å². The zero-order valence-corrected chi connectivity index (χ0v) is 14.8. The van der Waals surface area contributed by atoms with E-state index in [2.05, 4.69) is 15.5 Å². The minimum atomic E-state index is -0.0529. The van der Waals surface area contributed by atoms with Gasteiger partial charge < -0.3 is 19.5 Å². The number of halogens is 1. The average Bonchev–Trinajstić information content (AvgIpc) is 3.13. The Kier molecular flexibility index (Phi) is 5.88. The van der Waals surface area contributed by atoms with Crippen LogP contribution in [0.15, 0.2) is 28.8 Å². The number of nitrogens with zero attached hydrogens (tertiary/aromatic N) is 3. The Balaban J connectivity index is 1.55.